The summed E-state index contributed by atoms with van der Waals surface area (Å²) in [4.78, 5) is 38.1. The summed E-state index contributed by atoms with van der Waals surface area (Å²) in [6.45, 7) is 11.3. The van der Waals surface area contributed by atoms with Gasteiger partial charge in [0.05, 0.1) is 11.5 Å². The fourth-order valence-corrected chi connectivity index (χ4v) is 9.89. The highest BCUT2D eigenvalue weighted by atomic mass is 16.8. The molecule has 7 aliphatic rings. The first-order valence-electron chi connectivity index (χ1n) is 13.6. The van der Waals surface area contributed by atoms with Crippen LogP contribution in [0, 0.1) is 47.3 Å². The van der Waals surface area contributed by atoms with Crippen LogP contribution in [0.3, 0.4) is 0 Å². The average Bonchev–Trinajstić information content (AvgIpc) is 3.22. The van der Waals surface area contributed by atoms with Crippen LogP contribution in [0.2, 0.25) is 0 Å². The first-order valence-corrected chi connectivity index (χ1v) is 13.6. The smallest absolute Gasteiger partial charge is 0.344 e. The molecule has 0 unspecified atom stereocenters. The molecule has 0 N–H and O–H groups in total. The average molecular weight is 501 g/mol. The fourth-order valence-electron chi connectivity index (χ4n) is 9.89. The van der Waals surface area contributed by atoms with Gasteiger partial charge in [0.25, 0.3) is 0 Å². The van der Waals surface area contributed by atoms with Crippen molar-refractivity contribution < 1.29 is 38.1 Å². The van der Waals surface area contributed by atoms with Gasteiger partial charge in [-0.05, 0) is 50.9 Å². The number of fused-ring (bicyclic) bond motifs is 8. The van der Waals surface area contributed by atoms with E-state index >= 15 is 0 Å². The number of rotatable bonds is 2. The van der Waals surface area contributed by atoms with Crippen molar-refractivity contribution >= 4 is 17.9 Å². The van der Waals surface area contributed by atoms with E-state index in [1.807, 2.05) is 6.92 Å². The lowest BCUT2D eigenvalue weighted by Gasteiger charge is -2.50. The van der Waals surface area contributed by atoms with Gasteiger partial charge in [0, 0.05) is 37.5 Å². The van der Waals surface area contributed by atoms with Crippen molar-refractivity contribution in [3.05, 3.63) is 11.6 Å². The van der Waals surface area contributed by atoms with Gasteiger partial charge in [-0.2, -0.15) is 0 Å². The molecule has 4 heterocycles. The first kappa shape index (κ1) is 23.2. The number of esters is 3. The van der Waals surface area contributed by atoms with Crippen LogP contribution in [0.25, 0.3) is 0 Å². The molecule has 36 heavy (non-hydrogen) atoms. The van der Waals surface area contributed by atoms with Gasteiger partial charge >= 0.3 is 17.9 Å². The topological polar surface area (TPSA) is 101 Å². The molecule has 8 heteroatoms. The highest BCUT2D eigenvalue weighted by Gasteiger charge is 2.92. The molecule has 3 aliphatic carbocycles. The zero-order valence-corrected chi connectivity index (χ0v) is 21.8. The van der Waals surface area contributed by atoms with E-state index in [0.29, 0.717) is 0 Å². The van der Waals surface area contributed by atoms with Gasteiger partial charge in [-0.25, -0.2) is 4.79 Å². The molecular formula is C28H36O8. The fraction of sp³-hybridized carbons (Fsp3) is 0.821. The number of carbonyl (C=O) groups excluding carboxylic acids is 3. The summed E-state index contributed by atoms with van der Waals surface area (Å²) in [7, 11) is 0. The Balaban J connectivity index is 1.39. The van der Waals surface area contributed by atoms with Crippen LogP contribution in [0.1, 0.15) is 60.8 Å². The summed E-state index contributed by atoms with van der Waals surface area (Å²) < 4.78 is 31.3. The van der Waals surface area contributed by atoms with Crippen LogP contribution < -0.4 is 0 Å². The number of allylic oxidation sites excluding steroid dienone is 1. The molecule has 7 rings (SSSR count). The molecule has 0 amide bonds. The maximum atomic E-state index is 13.8. The maximum Gasteiger partial charge on any atom is 0.344 e. The zero-order valence-electron chi connectivity index (χ0n) is 21.8. The van der Waals surface area contributed by atoms with E-state index < -0.39 is 29.2 Å². The van der Waals surface area contributed by atoms with Gasteiger partial charge in [0.15, 0.2) is 0 Å². The van der Waals surface area contributed by atoms with Crippen LogP contribution in [0.5, 0.6) is 0 Å². The van der Waals surface area contributed by atoms with Crippen LogP contribution in [-0.2, 0) is 38.1 Å². The second-order valence-corrected chi connectivity index (χ2v) is 12.8. The molecular weight excluding hydrogens is 464 g/mol. The van der Waals surface area contributed by atoms with Gasteiger partial charge in [-0.3, -0.25) is 9.59 Å². The van der Waals surface area contributed by atoms with Crippen LogP contribution >= 0.6 is 0 Å². The third-order valence-electron chi connectivity index (χ3n) is 11.2. The second kappa shape index (κ2) is 6.93. The second-order valence-electron chi connectivity index (χ2n) is 12.8. The van der Waals surface area contributed by atoms with Gasteiger partial charge in [-0.1, -0.05) is 25.5 Å². The molecule has 14 atom stereocenters. The van der Waals surface area contributed by atoms with E-state index in [2.05, 4.69) is 26.8 Å². The molecule has 4 saturated heterocycles. The Morgan fingerprint density at radius 1 is 1.06 bits per heavy atom. The summed E-state index contributed by atoms with van der Waals surface area (Å²) in [5, 5.41) is 0. The Morgan fingerprint density at radius 2 is 1.75 bits per heavy atom. The van der Waals surface area contributed by atoms with Crippen LogP contribution in [-0.4, -0.2) is 53.2 Å². The SMILES string of the molecule is CC(=O)O[C@@H]1[C@@H](C)[C@H](OC(C)=O)[C@@H]2[C@@H]1C=C(C)[C@H]1C[C@H]3[C@@H]([C@@H]21)[C@@]12O[C@@]14O[C@@]3(C)CC[C@@H](OC2=O)[C@H]4C. The lowest BCUT2D eigenvalue weighted by Crippen LogP contribution is -2.64. The number of hydrogen-bond donors (Lipinski definition) is 0. The first-order chi connectivity index (χ1) is 16.9. The summed E-state index contributed by atoms with van der Waals surface area (Å²) in [5.41, 5.74) is -0.297. The Bertz CT molecular complexity index is 1100. The number of carbonyl (C=O) groups is 3. The van der Waals surface area contributed by atoms with Crippen molar-refractivity contribution in [1.82, 2.24) is 0 Å². The molecule has 196 valence electrons. The van der Waals surface area contributed by atoms with E-state index in [4.69, 9.17) is 23.7 Å². The summed E-state index contributed by atoms with van der Waals surface area (Å²) in [6.07, 6.45) is 3.72. The molecule has 1 spiro atoms. The van der Waals surface area contributed by atoms with Gasteiger partial charge < -0.3 is 23.7 Å². The molecule has 0 radical (unpaired) electrons. The standard InChI is InChI=1S/C28H36O8/c1-11-9-17-21(24(33-15(5)30)12(2)23(17)32-14(4)29)20-16(11)10-18-22(20)27-25(31)34-19-7-8-26(18,6)35-28(27,36-27)13(19)3/h9,12-13,16-24H,7-8,10H2,1-6H3/t12-,13-,16-,17+,18+,19-,20-,21-,22+,23-,24+,26+,27+,28-/m1/s1. The Morgan fingerprint density at radius 3 is 2.44 bits per heavy atom. The quantitative estimate of drug-likeness (QED) is 0.247. The molecule has 0 aromatic carbocycles. The van der Waals surface area contributed by atoms with Crippen molar-refractivity contribution in [3.63, 3.8) is 0 Å². The molecule has 2 saturated carbocycles. The van der Waals surface area contributed by atoms with Gasteiger partial charge in [-0.15, -0.1) is 0 Å². The van der Waals surface area contributed by atoms with Crippen molar-refractivity contribution in [1.29, 1.82) is 0 Å². The highest BCUT2D eigenvalue weighted by Crippen LogP contribution is 2.77. The molecule has 4 aliphatic heterocycles. The highest BCUT2D eigenvalue weighted by molar-refractivity contribution is 5.87. The summed E-state index contributed by atoms with van der Waals surface area (Å²) >= 11 is 0. The predicted molar refractivity (Wildman–Crippen MR) is 124 cm³/mol. The van der Waals surface area contributed by atoms with E-state index in [9.17, 15) is 14.4 Å². The number of epoxide rings is 1. The van der Waals surface area contributed by atoms with Crippen LogP contribution in [0.15, 0.2) is 11.6 Å². The zero-order chi connectivity index (χ0) is 25.5. The molecule has 6 fully saturated rings. The summed E-state index contributed by atoms with van der Waals surface area (Å²) in [6, 6.07) is 0. The monoisotopic (exact) mass is 500 g/mol. The third kappa shape index (κ3) is 2.51. The van der Waals surface area contributed by atoms with Crippen molar-refractivity contribution in [2.24, 2.45) is 47.3 Å². The van der Waals surface area contributed by atoms with E-state index in [0.717, 1.165) is 19.3 Å². The number of hydrogen-bond acceptors (Lipinski definition) is 8. The molecule has 8 nitrogen and oxygen atoms in total. The van der Waals surface area contributed by atoms with E-state index in [1.54, 1.807) is 0 Å². The Labute approximate surface area is 211 Å². The predicted octanol–water partition coefficient (Wildman–Crippen LogP) is 3.17. The molecule has 0 aromatic heterocycles. The Kier molecular flexibility index (Phi) is 4.47. The van der Waals surface area contributed by atoms with Crippen molar-refractivity contribution in [3.8, 4) is 0 Å². The van der Waals surface area contributed by atoms with Gasteiger partial charge in [0.2, 0.25) is 11.4 Å². The Hall–Kier alpha value is -1.93. The van der Waals surface area contributed by atoms with Crippen molar-refractivity contribution in [2.45, 2.75) is 96.1 Å². The van der Waals surface area contributed by atoms with Gasteiger partial charge in [0.1, 0.15) is 18.3 Å². The largest absolute Gasteiger partial charge is 0.462 e. The number of ether oxygens (including phenoxy) is 5. The van der Waals surface area contributed by atoms with Crippen LogP contribution in [0.4, 0.5) is 0 Å². The summed E-state index contributed by atoms with van der Waals surface area (Å²) in [5.74, 6) is -2.09. The molecule has 3 bridgehead atoms. The van der Waals surface area contributed by atoms with Crippen molar-refractivity contribution in [2.75, 3.05) is 0 Å². The minimum Gasteiger partial charge on any atom is -0.462 e. The minimum absolute atomic E-state index is 0.0249. The maximum absolute atomic E-state index is 13.8. The lowest BCUT2D eigenvalue weighted by atomic mass is 9.59. The van der Waals surface area contributed by atoms with E-state index in [1.165, 1.54) is 19.4 Å². The normalized spacial score (nSPS) is 57.3. The third-order valence-corrected chi connectivity index (χ3v) is 11.2. The van der Waals surface area contributed by atoms with E-state index in [-0.39, 0.29) is 71.4 Å². The molecule has 0 aromatic rings. The minimum atomic E-state index is -1.12. The lowest BCUT2D eigenvalue weighted by molar-refractivity contribution is -0.232.